The Morgan fingerprint density at radius 2 is 2.03 bits per heavy atom. The molecule has 0 aliphatic rings. The van der Waals surface area contributed by atoms with Crippen LogP contribution in [-0.4, -0.2) is 20.4 Å². The molecule has 0 unspecified atom stereocenters. The zero-order chi connectivity index (χ0) is 21.8. The van der Waals surface area contributed by atoms with Crippen molar-refractivity contribution in [2.75, 3.05) is 0 Å². The molecule has 1 amide bonds. The number of furan rings is 1. The highest BCUT2D eigenvalue weighted by atomic mass is 16.5. The van der Waals surface area contributed by atoms with Gasteiger partial charge in [-0.2, -0.15) is 0 Å². The van der Waals surface area contributed by atoms with Crippen LogP contribution in [0.5, 0.6) is 5.75 Å². The Balaban J connectivity index is 1.32. The van der Waals surface area contributed by atoms with Crippen LogP contribution in [0.15, 0.2) is 96.3 Å². The number of amides is 1. The number of nitrogens with zero attached hydrogens (tertiary/aromatic N) is 3. The third-order valence-corrected chi connectivity index (χ3v) is 5.07. The first-order valence-electron chi connectivity index (χ1n) is 10.1. The Kier molecular flexibility index (Phi) is 5.36. The first kappa shape index (κ1) is 19.6. The summed E-state index contributed by atoms with van der Waals surface area (Å²) in [6.45, 7) is 0.854. The summed E-state index contributed by atoms with van der Waals surface area (Å²) in [5.41, 5.74) is 5.04. The highest BCUT2D eigenvalue weighted by Gasteiger charge is 2.11. The van der Waals surface area contributed by atoms with Crippen molar-refractivity contribution >= 4 is 16.9 Å². The van der Waals surface area contributed by atoms with Gasteiger partial charge in [0.15, 0.2) is 0 Å². The lowest BCUT2D eigenvalue weighted by molar-refractivity contribution is 0.0951. The van der Waals surface area contributed by atoms with Crippen molar-refractivity contribution in [1.82, 2.24) is 19.9 Å². The number of pyridine rings is 1. The van der Waals surface area contributed by atoms with Crippen LogP contribution >= 0.6 is 0 Å². The Bertz CT molecular complexity index is 1340. The van der Waals surface area contributed by atoms with Crippen molar-refractivity contribution in [2.45, 2.75) is 13.2 Å². The number of hydrogen-bond donors (Lipinski definition) is 1. The van der Waals surface area contributed by atoms with E-state index >= 15 is 0 Å². The minimum atomic E-state index is -0.153. The van der Waals surface area contributed by atoms with E-state index in [9.17, 15) is 4.79 Å². The predicted molar refractivity (Wildman–Crippen MR) is 120 cm³/mol. The molecular formula is C25H20N4O3. The molecule has 0 aliphatic heterocycles. The van der Waals surface area contributed by atoms with Gasteiger partial charge in [-0.25, -0.2) is 4.98 Å². The molecule has 7 heteroatoms. The molecule has 0 radical (unpaired) electrons. The summed E-state index contributed by atoms with van der Waals surface area (Å²) in [5, 5.41) is 2.91. The van der Waals surface area contributed by atoms with Gasteiger partial charge in [0.05, 0.1) is 29.2 Å². The number of carbonyl (C=O) groups excluding carboxylic acids is 1. The third-order valence-electron chi connectivity index (χ3n) is 5.07. The highest BCUT2D eigenvalue weighted by molar-refractivity contribution is 5.97. The van der Waals surface area contributed by atoms with E-state index in [1.165, 1.54) is 0 Å². The van der Waals surface area contributed by atoms with Crippen molar-refractivity contribution in [3.63, 3.8) is 0 Å². The summed E-state index contributed by atoms with van der Waals surface area (Å²) in [6, 6.07) is 18.9. The minimum Gasteiger partial charge on any atom is -0.489 e. The quantitative estimate of drug-likeness (QED) is 0.415. The summed E-state index contributed by atoms with van der Waals surface area (Å²) >= 11 is 0. The van der Waals surface area contributed by atoms with Crippen LogP contribution in [0, 0.1) is 0 Å². The molecule has 0 spiro atoms. The van der Waals surface area contributed by atoms with Crippen molar-refractivity contribution in [3.05, 3.63) is 109 Å². The van der Waals surface area contributed by atoms with E-state index in [0.717, 1.165) is 33.6 Å². The van der Waals surface area contributed by atoms with Crippen LogP contribution in [0.1, 0.15) is 21.5 Å². The molecule has 3 heterocycles. The lowest BCUT2D eigenvalue weighted by Crippen LogP contribution is -2.22. The maximum atomic E-state index is 12.6. The van der Waals surface area contributed by atoms with Gasteiger partial charge in [-0.05, 0) is 48.0 Å². The van der Waals surface area contributed by atoms with Crippen LogP contribution in [-0.2, 0) is 13.2 Å². The number of nitrogens with one attached hydrogen (secondary N) is 1. The molecule has 158 valence electrons. The minimum absolute atomic E-state index is 0.153. The number of carbonyl (C=O) groups is 1. The molecule has 0 saturated carbocycles. The van der Waals surface area contributed by atoms with E-state index < -0.39 is 0 Å². The van der Waals surface area contributed by atoms with E-state index in [2.05, 4.69) is 15.3 Å². The molecule has 2 aromatic carbocycles. The topological polar surface area (TPSA) is 82.2 Å². The molecule has 0 fully saturated rings. The molecular weight excluding hydrogens is 404 g/mol. The fraction of sp³-hybridized carbons (Fsp3) is 0.0800. The summed E-state index contributed by atoms with van der Waals surface area (Å²) in [4.78, 5) is 21.1. The average Bonchev–Trinajstić information content (AvgIpc) is 3.51. The number of imidazole rings is 1. The van der Waals surface area contributed by atoms with E-state index in [1.807, 2.05) is 53.1 Å². The van der Waals surface area contributed by atoms with Crippen LogP contribution in [0.2, 0.25) is 0 Å². The van der Waals surface area contributed by atoms with Crippen molar-refractivity contribution in [1.29, 1.82) is 0 Å². The van der Waals surface area contributed by atoms with Crippen molar-refractivity contribution in [3.8, 4) is 11.4 Å². The number of hydrogen-bond acceptors (Lipinski definition) is 5. The van der Waals surface area contributed by atoms with Gasteiger partial charge in [-0.3, -0.25) is 14.3 Å². The second-order valence-corrected chi connectivity index (χ2v) is 7.28. The van der Waals surface area contributed by atoms with E-state index in [0.29, 0.717) is 18.7 Å². The van der Waals surface area contributed by atoms with Crippen LogP contribution in [0.25, 0.3) is 16.7 Å². The zero-order valence-electron chi connectivity index (χ0n) is 17.1. The van der Waals surface area contributed by atoms with Gasteiger partial charge in [0.25, 0.3) is 5.91 Å². The first-order chi connectivity index (χ1) is 15.8. The SMILES string of the molecule is O=C(NCc1cccnc1)c1ccc2c(c1)ncn2-c1cccc(OCc2ccoc2)c1. The Morgan fingerprint density at radius 1 is 1.06 bits per heavy atom. The second kappa shape index (κ2) is 8.77. The maximum absolute atomic E-state index is 12.6. The molecule has 32 heavy (non-hydrogen) atoms. The lowest BCUT2D eigenvalue weighted by Gasteiger charge is -2.09. The van der Waals surface area contributed by atoms with Gasteiger partial charge in [0.2, 0.25) is 0 Å². The van der Waals surface area contributed by atoms with E-state index in [1.54, 1.807) is 43.4 Å². The number of rotatable bonds is 7. The highest BCUT2D eigenvalue weighted by Crippen LogP contribution is 2.23. The molecule has 7 nitrogen and oxygen atoms in total. The molecule has 0 saturated heterocycles. The Morgan fingerprint density at radius 3 is 2.88 bits per heavy atom. The Labute approximate surface area is 184 Å². The normalized spacial score (nSPS) is 10.9. The van der Waals surface area contributed by atoms with Gasteiger partial charge in [-0.1, -0.05) is 12.1 Å². The van der Waals surface area contributed by atoms with Gasteiger partial charge in [0.1, 0.15) is 18.7 Å². The Hall–Kier alpha value is -4.39. The number of fused-ring (bicyclic) bond motifs is 1. The summed E-state index contributed by atoms with van der Waals surface area (Å²) in [7, 11) is 0. The molecule has 0 atom stereocenters. The number of benzene rings is 2. The first-order valence-corrected chi connectivity index (χ1v) is 10.1. The van der Waals surface area contributed by atoms with Crippen molar-refractivity contribution in [2.24, 2.45) is 0 Å². The van der Waals surface area contributed by atoms with Gasteiger partial charge >= 0.3 is 0 Å². The summed E-state index contributed by atoms with van der Waals surface area (Å²) < 4.78 is 12.9. The average molecular weight is 424 g/mol. The molecule has 0 aliphatic carbocycles. The molecule has 0 bridgehead atoms. The maximum Gasteiger partial charge on any atom is 0.251 e. The van der Waals surface area contributed by atoms with Crippen LogP contribution in [0.3, 0.4) is 0 Å². The largest absolute Gasteiger partial charge is 0.489 e. The fourth-order valence-corrected chi connectivity index (χ4v) is 3.41. The zero-order valence-corrected chi connectivity index (χ0v) is 17.1. The van der Waals surface area contributed by atoms with Gasteiger partial charge in [-0.15, -0.1) is 0 Å². The lowest BCUT2D eigenvalue weighted by atomic mass is 10.1. The van der Waals surface area contributed by atoms with Crippen LogP contribution in [0.4, 0.5) is 0 Å². The smallest absolute Gasteiger partial charge is 0.251 e. The molecule has 5 aromatic rings. The molecule has 3 aromatic heterocycles. The predicted octanol–water partition coefficient (Wildman–Crippen LogP) is 4.52. The van der Waals surface area contributed by atoms with Crippen molar-refractivity contribution < 1.29 is 13.9 Å². The monoisotopic (exact) mass is 424 g/mol. The molecule has 1 N–H and O–H groups in total. The van der Waals surface area contributed by atoms with Gasteiger partial charge in [0, 0.05) is 36.1 Å². The summed E-state index contributed by atoms with van der Waals surface area (Å²) in [6.07, 6.45) is 8.48. The van der Waals surface area contributed by atoms with Gasteiger partial charge < -0.3 is 14.5 Å². The molecule has 5 rings (SSSR count). The fourth-order valence-electron chi connectivity index (χ4n) is 3.41. The second-order valence-electron chi connectivity index (χ2n) is 7.28. The van der Waals surface area contributed by atoms with E-state index in [-0.39, 0.29) is 5.91 Å². The van der Waals surface area contributed by atoms with Crippen LogP contribution < -0.4 is 10.1 Å². The van der Waals surface area contributed by atoms with E-state index in [4.69, 9.17) is 9.15 Å². The number of ether oxygens (including phenoxy) is 1. The summed E-state index contributed by atoms with van der Waals surface area (Å²) in [5.74, 6) is 0.594. The number of aromatic nitrogens is 3. The third kappa shape index (κ3) is 4.22. The standard InChI is InChI=1S/C25H20N4O3/c30-25(27-14-18-3-2-9-26-13-18)20-6-7-24-23(11-20)28-17-29(24)21-4-1-5-22(12-21)32-16-19-8-10-31-15-19/h1-13,15,17H,14,16H2,(H,27,30).